The van der Waals surface area contributed by atoms with Crippen molar-refractivity contribution >= 4 is 5.82 Å². The van der Waals surface area contributed by atoms with Crippen molar-refractivity contribution in [3.63, 3.8) is 0 Å². The van der Waals surface area contributed by atoms with Crippen LogP contribution in [0.15, 0.2) is 10.6 Å². The number of nitrogens with two attached hydrogens (primary N) is 1. The molecule has 0 amide bonds. The van der Waals surface area contributed by atoms with Gasteiger partial charge < -0.3 is 10.3 Å². The molecule has 3 heteroatoms. The van der Waals surface area contributed by atoms with Crippen molar-refractivity contribution in [2.75, 3.05) is 5.73 Å². The SMILES string of the molecule is CC1(c2cc(N)no2)CC1. The minimum atomic E-state index is 0.255. The van der Waals surface area contributed by atoms with Gasteiger partial charge in [0.1, 0.15) is 5.76 Å². The predicted molar refractivity (Wildman–Crippen MR) is 37.5 cm³/mol. The summed E-state index contributed by atoms with van der Waals surface area (Å²) in [4.78, 5) is 0. The number of nitrogens with zero attached hydrogens (tertiary/aromatic N) is 1. The summed E-state index contributed by atoms with van der Waals surface area (Å²) in [5.41, 5.74) is 5.65. The maximum absolute atomic E-state index is 5.40. The van der Waals surface area contributed by atoms with E-state index in [9.17, 15) is 0 Å². The van der Waals surface area contributed by atoms with Gasteiger partial charge in [-0.25, -0.2) is 0 Å². The van der Waals surface area contributed by atoms with Gasteiger partial charge in [-0.15, -0.1) is 0 Å². The molecule has 1 aromatic heterocycles. The zero-order valence-corrected chi connectivity index (χ0v) is 5.92. The Morgan fingerprint density at radius 1 is 1.70 bits per heavy atom. The lowest BCUT2D eigenvalue weighted by Gasteiger charge is -1.97. The van der Waals surface area contributed by atoms with E-state index in [0.29, 0.717) is 5.82 Å². The van der Waals surface area contributed by atoms with E-state index in [4.69, 9.17) is 10.3 Å². The summed E-state index contributed by atoms with van der Waals surface area (Å²) < 4.78 is 5.02. The normalized spacial score (nSPS) is 20.9. The quantitative estimate of drug-likeness (QED) is 0.636. The molecule has 1 fully saturated rings. The van der Waals surface area contributed by atoms with Crippen LogP contribution in [-0.2, 0) is 5.41 Å². The molecular formula is C7H10N2O. The molecule has 1 saturated carbocycles. The van der Waals surface area contributed by atoms with E-state index < -0.39 is 0 Å². The molecule has 0 bridgehead atoms. The summed E-state index contributed by atoms with van der Waals surface area (Å²) >= 11 is 0. The fourth-order valence-corrected chi connectivity index (χ4v) is 1.01. The number of hydrogen-bond acceptors (Lipinski definition) is 3. The Labute approximate surface area is 59.2 Å². The molecule has 0 unspecified atom stereocenters. The lowest BCUT2D eigenvalue weighted by Crippen LogP contribution is -1.95. The van der Waals surface area contributed by atoms with Crippen molar-refractivity contribution in [3.8, 4) is 0 Å². The van der Waals surface area contributed by atoms with Crippen molar-refractivity contribution in [2.24, 2.45) is 0 Å². The molecule has 54 valence electrons. The molecule has 10 heavy (non-hydrogen) atoms. The van der Waals surface area contributed by atoms with Gasteiger partial charge in [-0.3, -0.25) is 0 Å². The van der Waals surface area contributed by atoms with E-state index in [0.717, 1.165) is 5.76 Å². The fraction of sp³-hybridized carbons (Fsp3) is 0.571. The monoisotopic (exact) mass is 138 g/mol. The zero-order chi connectivity index (χ0) is 7.19. The molecule has 1 aromatic rings. The third-order valence-corrected chi connectivity index (χ3v) is 2.12. The molecule has 0 spiro atoms. The molecule has 0 radical (unpaired) electrons. The molecule has 0 aromatic carbocycles. The number of hydrogen-bond donors (Lipinski definition) is 1. The van der Waals surface area contributed by atoms with Crippen LogP contribution in [0.5, 0.6) is 0 Å². The average molecular weight is 138 g/mol. The summed E-state index contributed by atoms with van der Waals surface area (Å²) in [6.45, 7) is 2.16. The van der Waals surface area contributed by atoms with Crippen LogP contribution in [0.25, 0.3) is 0 Å². The topological polar surface area (TPSA) is 52.0 Å². The second-order valence-electron chi connectivity index (χ2n) is 3.18. The van der Waals surface area contributed by atoms with Crippen LogP contribution in [0.2, 0.25) is 0 Å². The molecule has 0 aliphatic heterocycles. The van der Waals surface area contributed by atoms with Crippen molar-refractivity contribution in [1.82, 2.24) is 5.16 Å². The zero-order valence-electron chi connectivity index (χ0n) is 5.92. The van der Waals surface area contributed by atoms with Crippen LogP contribution in [0, 0.1) is 0 Å². The molecule has 3 nitrogen and oxygen atoms in total. The molecule has 2 N–H and O–H groups in total. The number of rotatable bonds is 1. The highest BCUT2D eigenvalue weighted by atomic mass is 16.5. The third kappa shape index (κ3) is 0.701. The van der Waals surface area contributed by atoms with Crippen molar-refractivity contribution < 1.29 is 4.52 Å². The summed E-state index contributed by atoms with van der Waals surface area (Å²) in [5.74, 6) is 1.42. The first-order valence-corrected chi connectivity index (χ1v) is 3.43. The first-order valence-electron chi connectivity index (χ1n) is 3.43. The van der Waals surface area contributed by atoms with Gasteiger partial charge in [0.05, 0.1) is 0 Å². The van der Waals surface area contributed by atoms with Crippen LogP contribution in [0.3, 0.4) is 0 Å². The summed E-state index contributed by atoms with van der Waals surface area (Å²) in [6, 6.07) is 1.81. The number of aromatic nitrogens is 1. The number of anilines is 1. The Bertz CT molecular complexity index is 250. The van der Waals surface area contributed by atoms with Crippen LogP contribution in [0.4, 0.5) is 5.82 Å². The summed E-state index contributed by atoms with van der Waals surface area (Å²) in [6.07, 6.45) is 2.39. The first kappa shape index (κ1) is 5.77. The Morgan fingerprint density at radius 2 is 2.40 bits per heavy atom. The van der Waals surface area contributed by atoms with Gasteiger partial charge in [0.2, 0.25) is 0 Å². The van der Waals surface area contributed by atoms with Crippen LogP contribution < -0.4 is 5.73 Å². The molecular weight excluding hydrogens is 128 g/mol. The Morgan fingerprint density at radius 3 is 2.80 bits per heavy atom. The van der Waals surface area contributed by atoms with Gasteiger partial charge in [0.15, 0.2) is 5.82 Å². The molecule has 0 atom stereocenters. The maximum Gasteiger partial charge on any atom is 0.167 e. The van der Waals surface area contributed by atoms with E-state index in [1.54, 1.807) is 0 Å². The maximum atomic E-state index is 5.40. The average Bonchev–Trinajstić information content (AvgIpc) is 2.45. The number of nitrogen functional groups attached to an aromatic ring is 1. The van der Waals surface area contributed by atoms with Gasteiger partial charge in [0.25, 0.3) is 0 Å². The van der Waals surface area contributed by atoms with Crippen LogP contribution in [-0.4, -0.2) is 5.16 Å². The lowest BCUT2D eigenvalue weighted by atomic mass is 10.1. The summed E-state index contributed by atoms with van der Waals surface area (Å²) in [5, 5.41) is 3.63. The smallest absolute Gasteiger partial charge is 0.167 e. The predicted octanol–water partition coefficient (Wildman–Crippen LogP) is 1.31. The van der Waals surface area contributed by atoms with Gasteiger partial charge in [0, 0.05) is 11.5 Å². The Kier molecular flexibility index (Phi) is 0.886. The lowest BCUT2D eigenvalue weighted by molar-refractivity contribution is 0.362. The van der Waals surface area contributed by atoms with Crippen molar-refractivity contribution in [1.29, 1.82) is 0 Å². The van der Waals surface area contributed by atoms with Gasteiger partial charge >= 0.3 is 0 Å². The molecule has 2 rings (SSSR count). The van der Waals surface area contributed by atoms with Gasteiger partial charge in [-0.05, 0) is 12.8 Å². The van der Waals surface area contributed by atoms with Crippen molar-refractivity contribution in [3.05, 3.63) is 11.8 Å². The van der Waals surface area contributed by atoms with Gasteiger partial charge in [-0.1, -0.05) is 12.1 Å². The Balaban J connectivity index is 2.34. The highest BCUT2D eigenvalue weighted by Crippen LogP contribution is 2.47. The van der Waals surface area contributed by atoms with Crippen molar-refractivity contribution in [2.45, 2.75) is 25.2 Å². The second kappa shape index (κ2) is 1.54. The second-order valence-corrected chi connectivity index (χ2v) is 3.18. The highest BCUT2D eigenvalue weighted by molar-refractivity contribution is 5.32. The van der Waals surface area contributed by atoms with E-state index in [2.05, 4.69) is 12.1 Å². The minimum Gasteiger partial charge on any atom is -0.381 e. The van der Waals surface area contributed by atoms with Gasteiger partial charge in [-0.2, -0.15) is 0 Å². The molecule has 1 aliphatic carbocycles. The molecule has 0 saturated heterocycles. The van der Waals surface area contributed by atoms with E-state index in [-0.39, 0.29) is 5.41 Å². The highest BCUT2D eigenvalue weighted by Gasteiger charge is 2.42. The molecule has 1 aliphatic rings. The molecule has 1 heterocycles. The first-order chi connectivity index (χ1) is 4.71. The van der Waals surface area contributed by atoms with E-state index >= 15 is 0 Å². The van der Waals surface area contributed by atoms with Crippen LogP contribution in [0.1, 0.15) is 25.5 Å². The standard InChI is InChI=1S/C7H10N2O/c1-7(2-3-7)5-4-6(8)9-10-5/h4H,2-3H2,1H3,(H2,8,9). The van der Waals surface area contributed by atoms with E-state index in [1.807, 2.05) is 6.07 Å². The fourth-order valence-electron chi connectivity index (χ4n) is 1.01. The van der Waals surface area contributed by atoms with Crippen LogP contribution >= 0.6 is 0 Å². The summed E-state index contributed by atoms with van der Waals surface area (Å²) in [7, 11) is 0. The third-order valence-electron chi connectivity index (χ3n) is 2.12. The Hall–Kier alpha value is -0.990. The largest absolute Gasteiger partial charge is 0.381 e. The minimum absolute atomic E-state index is 0.255. The van der Waals surface area contributed by atoms with E-state index in [1.165, 1.54) is 12.8 Å².